The minimum absolute atomic E-state index is 0.216. The second kappa shape index (κ2) is 6.16. The summed E-state index contributed by atoms with van der Waals surface area (Å²) in [7, 11) is 0. The summed E-state index contributed by atoms with van der Waals surface area (Å²) in [5.74, 6) is 0.272. The number of fused-ring (bicyclic) bond motifs is 1. The monoisotopic (exact) mass is 333 g/mol. The zero-order valence-electron chi connectivity index (χ0n) is 13.4. The highest BCUT2D eigenvalue weighted by molar-refractivity contribution is 6.05. The number of hydrogen-bond acceptors (Lipinski definition) is 6. The summed E-state index contributed by atoms with van der Waals surface area (Å²) >= 11 is 0. The molecule has 0 radical (unpaired) electrons. The molecule has 1 aliphatic heterocycles. The third-order valence-corrected chi connectivity index (χ3v) is 3.99. The van der Waals surface area contributed by atoms with Crippen molar-refractivity contribution < 1.29 is 4.79 Å². The van der Waals surface area contributed by atoms with Gasteiger partial charge in [-0.2, -0.15) is 4.68 Å². The third-order valence-electron chi connectivity index (χ3n) is 3.99. The lowest BCUT2D eigenvalue weighted by molar-refractivity contribution is -0.113. The number of carbonyl (C=O) groups excluding carboxylic acids is 1. The van der Waals surface area contributed by atoms with Gasteiger partial charge in [0.05, 0.1) is 5.57 Å². The van der Waals surface area contributed by atoms with Gasteiger partial charge in [0.25, 0.3) is 5.91 Å². The van der Waals surface area contributed by atoms with Crippen LogP contribution in [0, 0.1) is 0 Å². The number of benzene rings is 1. The van der Waals surface area contributed by atoms with E-state index in [-0.39, 0.29) is 5.91 Å². The van der Waals surface area contributed by atoms with E-state index >= 15 is 0 Å². The summed E-state index contributed by atoms with van der Waals surface area (Å²) < 4.78 is 1.59. The first-order chi connectivity index (χ1) is 12.2. The van der Waals surface area contributed by atoms with Crippen molar-refractivity contribution >= 4 is 17.5 Å². The third kappa shape index (κ3) is 2.74. The molecule has 2 N–H and O–H groups in total. The molecule has 0 unspecified atom stereocenters. The van der Waals surface area contributed by atoms with E-state index < -0.39 is 6.04 Å². The molecule has 1 aromatic carbocycles. The standard InChI is InChI=1S/C17H15N7O/c1-11-14(16(25)20-13-7-3-2-4-8-13)15(12-6-5-9-18-10-12)24-17(19-11)21-22-23-24/h2-10,15H,1H3,(H,20,25)(H,19,21,23)/t15-/m1/s1. The van der Waals surface area contributed by atoms with Crippen molar-refractivity contribution in [1.29, 1.82) is 0 Å². The summed E-state index contributed by atoms with van der Waals surface area (Å²) in [4.78, 5) is 17.1. The Labute approximate surface area is 143 Å². The molecule has 3 heterocycles. The van der Waals surface area contributed by atoms with E-state index in [9.17, 15) is 4.79 Å². The second-order valence-electron chi connectivity index (χ2n) is 5.62. The Bertz CT molecular complexity index is 934. The van der Waals surface area contributed by atoms with Gasteiger partial charge in [-0.3, -0.25) is 9.78 Å². The van der Waals surface area contributed by atoms with Gasteiger partial charge in [-0.15, -0.1) is 0 Å². The first-order valence-electron chi connectivity index (χ1n) is 7.76. The van der Waals surface area contributed by atoms with Crippen molar-refractivity contribution in [3.63, 3.8) is 0 Å². The molecular weight excluding hydrogens is 318 g/mol. The molecule has 8 nitrogen and oxygen atoms in total. The lowest BCUT2D eigenvalue weighted by Crippen LogP contribution is -2.31. The Morgan fingerprint density at radius 3 is 2.80 bits per heavy atom. The molecule has 0 bridgehead atoms. The Kier molecular flexibility index (Phi) is 3.70. The molecule has 0 spiro atoms. The van der Waals surface area contributed by atoms with Crippen LogP contribution in [0.4, 0.5) is 11.6 Å². The second-order valence-corrected chi connectivity index (χ2v) is 5.62. The van der Waals surface area contributed by atoms with Crippen LogP contribution < -0.4 is 10.6 Å². The van der Waals surface area contributed by atoms with Crippen LogP contribution in [0.1, 0.15) is 18.5 Å². The Balaban J connectivity index is 1.77. The average Bonchev–Trinajstić information content (AvgIpc) is 3.10. The number of nitrogens with one attached hydrogen (secondary N) is 2. The van der Waals surface area contributed by atoms with E-state index in [4.69, 9.17) is 0 Å². The number of nitrogens with zero attached hydrogens (tertiary/aromatic N) is 5. The molecule has 3 aromatic rings. The Morgan fingerprint density at radius 1 is 1.20 bits per heavy atom. The first kappa shape index (κ1) is 15.0. The van der Waals surface area contributed by atoms with Crippen molar-refractivity contribution in [3.8, 4) is 0 Å². The summed E-state index contributed by atoms with van der Waals surface area (Å²) in [6.45, 7) is 1.83. The van der Waals surface area contributed by atoms with Crippen LogP contribution >= 0.6 is 0 Å². The highest BCUT2D eigenvalue weighted by atomic mass is 16.1. The molecule has 0 saturated carbocycles. The summed E-state index contributed by atoms with van der Waals surface area (Å²) in [5.41, 5.74) is 2.79. The number of rotatable bonds is 3. The molecule has 124 valence electrons. The maximum absolute atomic E-state index is 13.0. The molecule has 0 saturated heterocycles. The predicted octanol–water partition coefficient (Wildman–Crippen LogP) is 2.00. The van der Waals surface area contributed by atoms with Crippen LogP contribution in [-0.4, -0.2) is 31.1 Å². The lowest BCUT2D eigenvalue weighted by atomic mass is 9.96. The van der Waals surface area contributed by atoms with Gasteiger partial charge in [0.15, 0.2) is 0 Å². The summed E-state index contributed by atoms with van der Waals surface area (Å²) in [6, 6.07) is 12.6. The number of anilines is 2. The fourth-order valence-electron chi connectivity index (χ4n) is 2.87. The fraction of sp³-hybridized carbons (Fsp3) is 0.118. The van der Waals surface area contributed by atoms with Gasteiger partial charge in [-0.05, 0) is 41.1 Å². The van der Waals surface area contributed by atoms with E-state index in [1.807, 2.05) is 49.4 Å². The molecule has 2 aromatic heterocycles. The maximum Gasteiger partial charge on any atom is 0.255 e. The Hall–Kier alpha value is -3.55. The first-order valence-corrected chi connectivity index (χ1v) is 7.76. The van der Waals surface area contributed by atoms with Crippen LogP contribution in [-0.2, 0) is 4.79 Å². The topological polar surface area (TPSA) is 97.6 Å². The van der Waals surface area contributed by atoms with Crippen LogP contribution in [0.15, 0.2) is 66.1 Å². The van der Waals surface area contributed by atoms with Gasteiger partial charge >= 0.3 is 0 Å². The lowest BCUT2D eigenvalue weighted by Gasteiger charge is -2.27. The van der Waals surface area contributed by atoms with Gasteiger partial charge in [0.2, 0.25) is 5.95 Å². The van der Waals surface area contributed by atoms with Crippen molar-refractivity contribution in [2.75, 3.05) is 10.6 Å². The SMILES string of the molecule is CC1=C(C(=O)Nc2ccccc2)[C@@H](c2cccnc2)n2nnnc2N1. The number of amides is 1. The van der Waals surface area contributed by atoms with E-state index in [1.165, 1.54) is 0 Å². The van der Waals surface area contributed by atoms with Crippen molar-refractivity contribution in [3.05, 3.63) is 71.7 Å². The number of tetrazole rings is 1. The van der Waals surface area contributed by atoms with E-state index in [1.54, 1.807) is 17.1 Å². The number of hydrogen-bond donors (Lipinski definition) is 2. The molecule has 25 heavy (non-hydrogen) atoms. The molecular formula is C17H15N7O. The molecule has 4 rings (SSSR count). The smallest absolute Gasteiger partial charge is 0.255 e. The van der Waals surface area contributed by atoms with Crippen molar-refractivity contribution in [2.45, 2.75) is 13.0 Å². The molecule has 0 aliphatic carbocycles. The number of aromatic nitrogens is 5. The van der Waals surface area contributed by atoms with E-state index in [2.05, 4.69) is 31.1 Å². The average molecular weight is 333 g/mol. The molecule has 8 heteroatoms. The molecule has 1 aliphatic rings. The van der Waals surface area contributed by atoms with Crippen LogP contribution in [0.25, 0.3) is 0 Å². The molecule has 1 atom stereocenters. The highest BCUT2D eigenvalue weighted by Gasteiger charge is 2.34. The normalized spacial score (nSPS) is 16.1. The minimum Gasteiger partial charge on any atom is -0.326 e. The van der Waals surface area contributed by atoms with Crippen molar-refractivity contribution in [2.24, 2.45) is 0 Å². The van der Waals surface area contributed by atoms with Crippen molar-refractivity contribution in [1.82, 2.24) is 25.2 Å². The minimum atomic E-state index is -0.455. The molecule has 1 amide bonds. The van der Waals surface area contributed by atoms with Crippen LogP contribution in [0.2, 0.25) is 0 Å². The fourth-order valence-corrected chi connectivity index (χ4v) is 2.87. The predicted molar refractivity (Wildman–Crippen MR) is 91.6 cm³/mol. The van der Waals surface area contributed by atoms with Crippen LogP contribution in [0.5, 0.6) is 0 Å². The largest absolute Gasteiger partial charge is 0.326 e. The molecule has 0 fully saturated rings. The number of para-hydroxylation sites is 1. The summed E-state index contributed by atoms with van der Waals surface area (Å²) in [5, 5.41) is 17.7. The van der Waals surface area contributed by atoms with Gasteiger partial charge in [-0.25, -0.2) is 0 Å². The zero-order valence-corrected chi connectivity index (χ0v) is 13.4. The summed E-state index contributed by atoms with van der Waals surface area (Å²) in [6.07, 6.45) is 3.40. The van der Waals surface area contributed by atoms with E-state index in [0.29, 0.717) is 17.2 Å². The van der Waals surface area contributed by atoms with Gasteiger partial charge < -0.3 is 10.6 Å². The maximum atomic E-state index is 13.0. The number of allylic oxidation sites excluding steroid dienone is 1. The Morgan fingerprint density at radius 2 is 2.04 bits per heavy atom. The van der Waals surface area contributed by atoms with Gasteiger partial charge in [0, 0.05) is 23.8 Å². The van der Waals surface area contributed by atoms with E-state index in [0.717, 1.165) is 11.3 Å². The number of carbonyl (C=O) groups is 1. The number of pyridine rings is 1. The van der Waals surface area contributed by atoms with Gasteiger partial charge in [-0.1, -0.05) is 29.4 Å². The quantitative estimate of drug-likeness (QED) is 0.761. The highest BCUT2D eigenvalue weighted by Crippen LogP contribution is 2.34. The van der Waals surface area contributed by atoms with Crippen LogP contribution in [0.3, 0.4) is 0 Å². The zero-order chi connectivity index (χ0) is 17.2. The van der Waals surface area contributed by atoms with Gasteiger partial charge in [0.1, 0.15) is 6.04 Å².